The summed E-state index contributed by atoms with van der Waals surface area (Å²) in [6.07, 6.45) is 0. The zero-order valence-corrected chi connectivity index (χ0v) is 14.9. The van der Waals surface area contributed by atoms with Crippen molar-refractivity contribution in [3.05, 3.63) is 16.4 Å². The average molecular weight is 354 g/mol. The predicted octanol–water partition coefficient (Wildman–Crippen LogP) is 1.81. The number of ketones is 1. The van der Waals surface area contributed by atoms with Crippen LogP contribution in [0.2, 0.25) is 0 Å². The van der Waals surface area contributed by atoms with E-state index >= 15 is 0 Å². The number of amides is 1. The molecule has 0 radical (unpaired) electrons. The highest BCUT2D eigenvalue weighted by Gasteiger charge is 2.16. The van der Waals surface area contributed by atoms with Gasteiger partial charge in [0.05, 0.1) is 16.3 Å². The van der Waals surface area contributed by atoms with Crippen molar-refractivity contribution in [2.45, 2.75) is 38.8 Å². The van der Waals surface area contributed by atoms with Crippen LogP contribution in [-0.2, 0) is 4.79 Å². The smallest absolute Gasteiger partial charge is 0.236 e. The molecule has 2 aromatic heterocycles. The van der Waals surface area contributed by atoms with Crippen molar-refractivity contribution in [3.63, 3.8) is 0 Å². The number of rotatable bonds is 6. The summed E-state index contributed by atoms with van der Waals surface area (Å²) in [5, 5.41) is 11.5. The van der Waals surface area contributed by atoms with Crippen LogP contribution in [0.4, 0.5) is 5.13 Å². The molecule has 0 saturated heterocycles. The highest BCUT2D eigenvalue weighted by molar-refractivity contribution is 7.99. The Morgan fingerprint density at radius 1 is 1.39 bits per heavy atom. The number of thioether (sulfide) groups is 1. The normalized spacial score (nSPS) is 11.0. The lowest BCUT2D eigenvalue weighted by molar-refractivity contribution is -0.113. The van der Waals surface area contributed by atoms with Crippen molar-refractivity contribution >= 4 is 39.9 Å². The molecule has 0 aliphatic rings. The fourth-order valence-corrected chi connectivity index (χ4v) is 3.38. The van der Waals surface area contributed by atoms with Crippen LogP contribution in [0.3, 0.4) is 0 Å². The first-order valence-electron chi connectivity index (χ1n) is 6.91. The molecular weight excluding hydrogens is 336 g/mol. The van der Waals surface area contributed by atoms with E-state index in [0.717, 1.165) is 0 Å². The Balaban J connectivity index is 1.95. The Morgan fingerprint density at radius 2 is 2.09 bits per heavy atom. The number of nitrogen functional groups attached to an aromatic ring is 1. The minimum absolute atomic E-state index is 0.0627. The number of nitrogens with two attached hydrogens (primary N) is 1. The molecule has 0 saturated carbocycles. The van der Waals surface area contributed by atoms with E-state index in [2.05, 4.69) is 20.5 Å². The zero-order valence-electron chi connectivity index (χ0n) is 13.3. The monoisotopic (exact) mass is 354 g/mol. The van der Waals surface area contributed by atoms with Gasteiger partial charge in [0.1, 0.15) is 0 Å². The second kappa shape index (κ2) is 7.09. The molecule has 2 heterocycles. The molecule has 0 spiro atoms. The van der Waals surface area contributed by atoms with Gasteiger partial charge in [-0.25, -0.2) is 9.66 Å². The van der Waals surface area contributed by atoms with Gasteiger partial charge in [0.2, 0.25) is 11.1 Å². The van der Waals surface area contributed by atoms with E-state index in [0.29, 0.717) is 26.7 Å². The van der Waals surface area contributed by atoms with Gasteiger partial charge in [0, 0.05) is 12.8 Å². The van der Waals surface area contributed by atoms with Crippen LogP contribution < -0.4 is 11.2 Å². The Kier molecular flexibility index (Phi) is 5.37. The topological polar surface area (TPSA) is 116 Å². The maximum atomic E-state index is 12.0. The van der Waals surface area contributed by atoms with E-state index < -0.39 is 0 Å². The highest BCUT2D eigenvalue weighted by Crippen LogP contribution is 2.24. The number of carbonyl (C=O) groups excluding carboxylic acids is 2. The lowest BCUT2D eigenvalue weighted by atomic mass is 10.2. The molecule has 3 N–H and O–H groups in total. The summed E-state index contributed by atoms with van der Waals surface area (Å²) in [6, 6.07) is 0. The largest absolute Gasteiger partial charge is 0.336 e. The summed E-state index contributed by atoms with van der Waals surface area (Å²) in [5.74, 6) is 6.53. The molecule has 2 rings (SSSR count). The van der Waals surface area contributed by atoms with E-state index in [4.69, 9.17) is 5.84 Å². The number of Topliss-reactive ketones (excluding diaryl/α,β-unsaturated/α-hetero) is 1. The number of anilines is 1. The average Bonchev–Trinajstić information content (AvgIpc) is 3.00. The summed E-state index contributed by atoms with van der Waals surface area (Å²) >= 11 is 2.36. The number of thiazole rings is 1. The van der Waals surface area contributed by atoms with Crippen LogP contribution in [0, 0.1) is 6.92 Å². The van der Waals surface area contributed by atoms with E-state index in [1.165, 1.54) is 34.7 Å². The number of carbonyl (C=O) groups is 2. The van der Waals surface area contributed by atoms with Gasteiger partial charge in [-0.3, -0.25) is 9.59 Å². The molecule has 2 aromatic rings. The molecule has 23 heavy (non-hydrogen) atoms. The molecule has 0 aliphatic carbocycles. The van der Waals surface area contributed by atoms with E-state index in [9.17, 15) is 9.59 Å². The van der Waals surface area contributed by atoms with Gasteiger partial charge in [-0.1, -0.05) is 36.9 Å². The van der Waals surface area contributed by atoms with Gasteiger partial charge < -0.3 is 11.2 Å². The van der Waals surface area contributed by atoms with Crippen molar-refractivity contribution in [2.24, 2.45) is 0 Å². The molecule has 0 aliphatic heterocycles. The van der Waals surface area contributed by atoms with Crippen molar-refractivity contribution in [1.29, 1.82) is 0 Å². The van der Waals surface area contributed by atoms with Gasteiger partial charge in [0.15, 0.2) is 16.7 Å². The second-order valence-corrected chi connectivity index (χ2v) is 7.13. The number of hydrogen-bond donors (Lipinski definition) is 2. The minimum atomic E-state index is -0.243. The quantitative estimate of drug-likeness (QED) is 0.462. The van der Waals surface area contributed by atoms with Gasteiger partial charge in [0.25, 0.3) is 0 Å². The molecule has 124 valence electrons. The Morgan fingerprint density at radius 3 is 2.61 bits per heavy atom. The molecule has 0 aromatic carbocycles. The molecular formula is C13H18N6O2S2. The molecule has 1 amide bonds. The predicted molar refractivity (Wildman–Crippen MR) is 90.5 cm³/mol. The Hall–Kier alpha value is -1.94. The summed E-state index contributed by atoms with van der Waals surface area (Å²) < 4.78 is 1.39. The van der Waals surface area contributed by atoms with Crippen LogP contribution in [0.25, 0.3) is 0 Å². The lowest BCUT2D eigenvalue weighted by Gasteiger charge is -2.05. The van der Waals surface area contributed by atoms with E-state index in [1.807, 2.05) is 13.8 Å². The molecule has 0 atom stereocenters. The SMILES string of the molecule is CC(=O)c1sc(NC(=O)CSc2nnc(C(C)C)n2N)nc1C. The number of nitrogens with one attached hydrogen (secondary N) is 1. The summed E-state index contributed by atoms with van der Waals surface area (Å²) in [4.78, 5) is 28.1. The molecule has 0 fully saturated rings. The van der Waals surface area contributed by atoms with Crippen LogP contribution in [0.1, 0.15) is 47.9 Å². The van der Waals surface area contributed by atoms with Gasteiger partial charge >= 0.3 is 0 Å². The number of aromatic nitrogens is 4. The van der Waals surface area contributed by atoms with E-state index in [-0.39, 0.29) is 23.4 Å². The summed E-state index contributed by atoms with van der Waals surface area (Å²) in [5.41, 5.74) is 0.619. The Labute approximate surface area is 141 Å². The number of nitrogens with zero attached hydrogens (tertiary/aromatic N) is 4. The van der Waals surface area contributed by atoms with Crippen molar-refractivity contribution in [1.82, 2.24) is 19.9 Å². The first-order valence-corrected chi connectivity index (χ1v) is 8.71. The minimum Gasteiger partial charge on any atom is -0.336 e. The Bertz CT molecular complexity index is 737. The first kappa shape index (κ1) is 17.4. The van der Waals surface area contributed by atoms with Crippen molar-refractivity contribution in [3.8, 4) is 0 Å². The van der Waals surface area contributed by atoms with Crippen LogP contribution in [0.5, 0.6) is 0 Å². The van der Waals surface area contributed by atoms with Gasteiger partial charge in [-0.15, -0.1) is 10.2 Å². The van der Waals surface area contributed by atoms with Crippen LogP contribution in [0.15, 0.2) is 5.16 Å². The second-order valence-electron chi connectivity index (χ2n) is 5.19. The third-order valence-corrected chi connectivity index (χ3v) is 5.02. The summed E-state index contributed by atoms with van der Waals surface area (Å²) in [6.45, 7) is 7.14. The third kappa shape index (κ3) is 4.08. The standard InChI is InChI=1S/C13H18N6O2S2/c1-6(2)11-17-18-13(19(11)14)22-5-9(21)16-12-15-7(3)10(23-12)8(4)20/h6H,5,14H2,1-4H3,(H,15,16,21). The van der Waals surface area contributed by atoms with Crippen LogP contribution in [-0.4, -0.2) is 37.3 Å². The maximum absolute atomic E-state index is 12.0. The molecule has 0 unspecified atom stereocenters. The van der Waals surface area contributed by atoms with Crippen LogP contribution >= 0.6 is 23.1 Å². The fourth-order valence-electron chi connectivity index (χ4n) is 1.84. The van der Waals surface area contributed by atoms with Gasteiger partial charge in [-0.2, -0.15) is 0 Å². The number of hydrogen-bond acceptors (Lipinski definition) is 8. The fraction of sp³-hybridized carbons (Fsp3) is 0.462. The highest BCUT2D eigenvalue weighted by atomic mass is 32.2. The maximum Gasteiger partial charge on any atom is 0.236 e. The summed E-state index contributed by atoms with van der Waals surface area (Å²) in [7, 11) is 0. The first-order chi connectivity index (χ1) is 10.8. The van der Waals surface area contributed by atoms with Crippen molar-refractivity contribution in [2.75, 3.05) is 16.9 Å². The van der Waals surface area contributed by atoms with E-state index in [1.54, 1.807) is 6.92 Å². The molecule has 10 heteroatoms. The molecule has 8 nitrogen and oxygen atoms in total. The molecule has 0 bridgehead atoms. The van der Waals surface area contributed by atoms with Crippen molar-refractivity contribution < 1.29 is 9.59 Å². The van der Waals surface area contributed by atoms with Gasteiger partial charge in [-0.05, 0) is 6.92 Å². The third-order valence-electron chi connectivity index (χ3n) is 2.90. The number of aryl methyl sites for hydroxylation is 1. The zero-order chi connectivity index (χ0) is 17.1. The lowest BCUT2D eigenvalue weighted by Crippen LogP contribution is -2.17.